The number of aromatic nitrogens is 2. The van der Waals surface area contributed by atoms with Crippen LogP contribution in [0.25, 0.3) is 27.6 Å². The van der Waals surface area contributed by atoms with E-state index in [1.165, 1.54) is 0 Å². The molecule has 0 saturated carbocycles. The van der Waals surface area contributed by atoms with Crippen molar-refractivity contribution in [2.24, 2.45) is 5.41 Å². The van der Waals surface area contributed by atoms with Crippen molar-refractivity contribution in [2.45, 2.75) is 26.7 Å². The second kappa shape index (κ2) is 7.79. The molecular formula is C26H24N2O4. The Labute approximate surface area is 185 Å². The van der Waals surface area contributed by atoms with Gasteiger partial charge in [-0.15, -0.1) is 0 Å². The van der Waals surface area contributed by atoms with E-state index >= 15 is 0 Å². The molecule has 0 N–H and O–H groups in total. The second-order valence-corrected chi connectivity index (χ2v) is 8.06. The van der Waals surface area contributed by atoms with Gasteiger partial charge < -0.3 is 9.47 Å². The first-order chi connectivity index (χ1) is 15.6. The Morgan fingerprint density at radius 2 is 1.53 bits per heavy atom. The summed E-state index contributed by atoms with van der Waals surface area (Å²) >= 11 is 0. The van der Waals surface area contributed by atoms with Crippen LogP contribution in [0, 0.1) is 5.41 Å². The fourth-order valence-electron chi connectivity index (χ4n) is 4.79. The lowest BCUT2D eigenvalue weighted by Gasteiger charge is -2.23. The smallest absolute Gasteiger partial charge is 0.324 e. The zero-order valence-electron chi connectivity index (χ0n) is 18.1. The lowest BCUT2D eigenvalue weighted by Crippen LogP contribution is -2.43. The lowest BCUT2D eigenvalue weighted by atomic mass is 9.84. The average Bonchev–Trinajstić information content (AvgIpc) is 3.35. The normalized spacial score (nSPS) is 14.4. The summed E-state index contributed by atoms with van der Waals surface area (Å²) < 4.78 is 12.8. The monoisotopic (exact) mass is 428 g/mol. The van der Waals surface area contributed by atoms with E-state index in [9.17, 15) is 9.59 Å². The zero-order valence-corrected chi connectivity index (χ0v) is 18.1. The summed E-state index contributed by atoms with van der Waals surface area (Å²) in [6.07, 6.45) is 2.31. The minimum Gasteiger partial charge on any atom is -0.465 e. The van der Waals surface area contributed by atoms with Crippen molar-refractivity contribution in [3.8, 4) is 5.82 Å². The Bertz CT molecular complexity index is 1320. The maximum atomic E-state index is 12.9. The molecule has 6 heteroatoms. The largest absolute Gasteiger partial charge is 0.465 e. The number of para-hydroxylation sites is 1. The summed E-state index contributed by atoms with van der Waals surface area (Å²) in [4.78, 5) is 30.5. The molecule has 5 rings (SSSR count). The first-order valence-electron chi connectivity index (χ1n) is 10.9. The molecule has 2 heterocycles. The van der Waals surface area contributed by atoms with E-state index in [0.29, 0.717) is 0 Å². The highest BCUT2D eigenvalue weighted by molar-refractivity contribution is 6.10. The van der Waals surface area contributed by atoms with Crippen LogP contribution in [0.3, 0.4) is 0 Å². The molecule has 0 fully saturated rings. The number of rotatable bonds is 5. The number of pyridine rings is 1. The number of hydrogen-bond donors (Lipinski definition) is 0. The van der Waals surface area contributed by atoms with E-state index in [1.807, 2.05) is 30.3 Å². The maximum Gasteiger partial charge on any atom is 0.324 e. The van der Waals surface area contributed by atoms with Crippen LogP contribution in [-0.2, 0) is 31.9 Å². The van der Waals surface area contributed by atoms with E-state index in [0.717, 1.165) is 38.8 Å². The van der Waals surface area contributed by atoms with E-state index in [1.54, 1.807) is 20.0 Å². The first-order valence-corrected chi connectivity index (χ1v) is 10.9. The van der Waals surface area contributed by atoms with E-state index < -0.39 is 17.4 Å². The summed E-state index contributed by atoms with van der Waals surface area (Å²) in [5, 5.41) is 2.16. The van der Waals surface area contributed by atoms with Gasteiger partial charge in [0.05, 0.1) is 24.2 Å². The molecule has 1 aliphatic carbocycles. The van der Waals surface area contributed by atoms with E-state index in [-0.39, 0.29) is 26.1 Å². The lowest BCUT2D eigenvalue weighted by molar-refractivity contribution is -0.171. The second-order valence-electron chi connectivity index (χ2n) is 8.06. The van der Waals surface area contributed by atoms with Gasteiger partial charge in [-0.3, -0.25) is 14.2 Å². The minimum absolute atomic E-state index is 0.216. The fourth-order valence-corrected chi connectivity index (χ4v) is 4.79. The number of hydrogen-bond acceptors (Lipinski definition) is 5. The number of nitrogens with zero attached hydrogens (tertiary/aromatic N) is 2. The summed E-state index contributed by atoms with van der Waals surface area (Å²) in [6, 6.07) is 18.2. The fraction of sp³-hybridized carbons (Fsp3) is 0.269. The van der Waals surface area contributed by atoms with Crippen LogP contribution in [-0.4, -0.2) is 34.7 Å². The van der Waals surface area contributed by atoms with Crippen LogP contribution in [0.15, 0.2) is 60.8 Å². The van der Waals surface area contributed by atoms with E-state index in [2.05, 4.69) is 33.8 Å². The molecule has 0 amide bonds. The van der Waals surface area contributed by atoms with Gasteiger partial charge in [-0.2, -0.15) is 0 Å². The average molecular weight is 428 g/mol. The third kappa shape index (κ3) is 2.98. The molecule has 2 aromatic carbocycles. The quantitative estimate of drug-likeness (QED) is 0.348. The molecule has 0 bridgehead atoms. The third-order valence-electron chi connectivity index (χ3n) is 6.19. The van der Waals surface area contributed by atoms with E-state index in [4.69, 9.17) is 9.47 Å². The highest BCUT2D eigenvalue weighted by Crippen LogP contribution is 2.43. The zero-order chi connectivity index (χ0) is 22.3. The van der Waals surface area contributed by atoms with Gasteiger partial charge >= 0.3 is 11.9 Å². The van der Waals surface area contributed by atoms with Crippen LogP contribution in [0.4, 0.5) is 0 Å². The maximum absolute atomic E-state index is 12.9. The molecule has 6 nitrogen and oxygen atoms in total. The molecule has 0 radical (unpaired) electrons. The number of carbonyl (C=O) groups is 2. The summed E-state index contributed by atoms with van der Waals surface area (Å²) in [5.74, 6) is -0.215. The standard InChI is InChI=1S/C26H24N2O4/c1-3-31-24(29)26(25(30)32-4-2)15-17-13-20-19-9-5-6-10-21(19)28(22(20)14-18(17)16-26)23-11-7-8-12-27-23/h5-14H,3-4,15-16H2,1-2H3. The predicted molar refractivity (Wildman–Crippen MR) is 122 cm³/mol. The number of ether oxygens (including phenoxy) is 2. The number of carbonyl (C=O) groups excluding carboxylic acids is 2. The van der Waals surface area contributed by atoms with Gasteiger partial charge in [0.25, 0.3) is 0 Å². The highest BCUT2D eigenvalue weighted by Gasteiger charge is 2.53. The van der Waals surface area contributed by atoms with Gasteiger partial charge in [0.2, 0.25) is 0 Å². The molecule has 0 spiro atoms. The van der Waals surface area contributed by atoms with Crippen LogP contribution in [0.1, 0.15) is 25.0 Å². The van der Waals surface area contributed by atoms with Gasteiger partial charge in [0.15, 0.2) is 5.41 Å². The number of benzene rings is 2. The Hall–Kier alpha value is -3.67. The summed E-state index contributed by atoms with van der Waals surface area (Å²) in [7, 11) is 0. The molecule has 0 atom stereocenters. The Morgan fingerprint density at radius 3 is 2.19 bits per heavy atom. The van der Waals surface area contributed by atoms with Gasteiger partial charge in [0.1, 0.15) is 5.82 Å². The van der Waals surface area contributed by atoms with Crippen molar-refractivity contribution in [3.05, 3.63) is 71.9 Å². The summed E-state index contributed by atoms with van der Waals surface area (Å²) in [6.45, 7) is 3.92. The van der Waals surface area contributed by atoms with Crippen LogP contribution < -0.4 is 0 Å². The Morgan fingerprint density at radius 1 is 0.875 bits per heavy atom. The van der Waals surface area contributed by atoms with Crippen molar-refractivity contribution in [1.82, 2.24) is 9.55 Å². The van der Waals surface area contributed by atoms with Gasteiger partial charge in [-0.05, 0) is 68.1 Å². The number of fused-ring (bicyclic) bond motifs is 4. The predicted octanol–water partition coefficient (Wildman–Crippen LogP) is 4.39. The first kappa shape index (κ1) is 20.2. The van der Waals surface area contributed by atoms with Gasteiger partial charge in [-0.1, -0.05) is 24.3 Å². The minimum atomic E-state index is -1.33. The molecular weight excluding hydrogens is 404 g/mol. The van der Waals surface area contributed by atoms with Gasteiger partial charge in [0, 0.05) is 17.0 Å². The highest BCUT2D eigenvalue weighted by atomic mass is 16.6. The molecule has 0 unspecified atom stereocenters. The topological polar surface area (TPSA) is 70.4 Å². The molecule has 0 aliphatic heterocycles. The van der Waals surface area contributed by atoms with Crippen molar-refractivity contribution in [1.29, 1.82) is 0 Å². The van der Waals surface area contributed by atoms with Crippen LogP contribution in [0.2, 0.25) is 0 Å². The molecule has 162 valence electrons. The van der Waals surface area contributed by atoms with Crippen molar-refractivity contribution in [2.75, 3.05) is 13.2 Å². The molecule has 32 heavy (non-hydrogen) atoms. The van der Waals surface area contributed by atoms with Crippen LogP contribution in [0.5, 0.6) is 0 Å². The summed E-state index contributed by atoms with van der Waals surface area (Å²) in [5.41, 5.74) is 2.65. The van der Waals surface area contributed by atoms with Crippen molar-refractivity contribution < 1.29 is 19.1 Å². The van der Waals surface area contributed by atoms with Gasteiger partial charge in [-0.25, -0.2) is 4.98 Å². The molecule has 0 saturated heterocycles. The SMILES string of the molecule is CCOC(=O)C1(C(=O)OCC)Cc2cc3c4ccccc4n(-c4ccccn4)c3cc2C1. The number of esters is 2. The van der Waals surface area contributed by atoms with Crippen molar-refractivity contribution >= 4 is 33.7 Å². The molecule has 4 aromatic rings. The van der Waals surface area contributed by atoms with Crippen LogP contribution >= 0.6 is 0 Å². The Kier molecular flexibility index (Phi) is 4.93. The van der Waals surface area contributed by atoms with Crippen molar-refractivity contribution in [3.63, 3.8) is 0 Å². The Balaban J connectivity index is 1.72. The molecule has 2 aromatic heterocycles. The third-order valence-corrected chi connectivity index (χ3v) is 6.19. The molecule has 1 aliphatic rings.